The van der Waals surface area contributed by atoms with Crippen LogP contribution < -0.4 is 19.5 Å². The Bertz CT molecular complexity index is 719. The average Bonchev–Trinajstić information content (AvgIpc) is 3.00. The normalized spacial score (nSPS) is 13.5. The molecule has 2 aromatic carbocycles. The van der Waals surface area contributed by atoms with Gasteiger partial charge in [-0.1, -0.05) is 12.1 Å². The molecule has 0 bridgehead atoms. The lowest BCUT2D eigenvalue weighted by molar-refractivity contribution is -0.127. The maximum atomic E-state index is 13.1. The molecule has 0 radical (unpaired) electrons. The molecule has 1 amide bonds. The molecular weight excluding hydrogens is 301 g/mol. The maximum absolute atomic E-state index is 13.1. The zero-order chi connectivity index (χ0) is 16.2. The Balaban J connectivity index is 1.54. The van der Waals surface area contributed by atoms with Crippen LogP contribution in [0.1, 0.15) is 12.5 Å². The number of nitrogens with one attached hydrogen (secondary N) is 1. The molecule has 0 spiro atoms. The smallest absolute Gasteiger partial charge is 0.261 e. The van der Waals surface area contributed by atoms with Crippen molar-refractivity contribution < 1.29 is 23.4 Å². The van der Waals surface area contributed by atoms with E-state index in [4.69, 9.17) is 14.2 Å². The number of ether oxygens (including phenoxy) is 3. The Kier molecular flexibility index (Phi) is 4.32. The number of halogens is 1. The van der Waals surface area contributed by atoms with Crippen LogP contribution in [0.5, 0.6) is 17.2 Å². The highest BCUT2D eigenvalue weighted by atomic mass is 19.1. The molecule has 23 heavy (non-hydrogen) atoms. The molecule has 0 saturated carbocycles. The second-order valence-corrected chi connectivity index (χ2v) is 5.12. The van der Waals surface area contributed by atoms with Crippen molar-refractivity contribution in [3.05, 3.63) is 53.8 Å². The number of hydrogen-bond donors (Lipinski definition) is 1. The summed E-state index contributed by atoms with van der Waals surface area (Å²) in [4.78, 5) is 12.1. The van der Waals surface area contributed by atoms with E-state index in [0.29, 0.717) is 23.8 Å². The van der Waals surface area contributed by atoms with Gasteiger partial charge >= 0.3 is 0 Å². The number of benzene rings is 2. The summed E-state index contributed by atoms with van der Waals surface area (Å²) in [5.41, 5.74) is 0.889. The zero-order valence-electron chi connectivity index (χ0n) is 12.5. The molecule has 0 aliphatic carbocycles. The molecule has 0 aromatic heterocycles. The van der Waals surface area contributed by atoms with Crippen LogP contribution in [0.15, 0.2) is 42.5 Å². The van der Waals surface area contributed by atoms with Gasteiger partial charge < -0.3 is 19.5 Å². The number of fused-ring (bicyclic) bond motifs is 1. The van der Waals surface area contributed by atoms with Gasteiger partial charge in [0, 0.05) is 12.6 Å². The second kappa shape index (κ2) is 6.56. The fraction of sp³-hybridized carbons (Fsp3) is 0.235. The second-order valence-electron chi connectivity index (χ2n) is 5.12. The van der Waals surface area contributed by atoms with Crippen molar-refractivity contribution in [3.63, 3.8) is 0 Å². The Labute approximate surface area is 133 Å². The molecule has 120 valence electrons. The highest BCUT2D eigenvalue weighted by Gasteiger charge is 2.16. The third kappa shape index (κ3) is 3.71. The molecule has 1 heterocycles. The van der Waals surface area contributed by atoms with Gasteiger partial charge in [-0.2, -0.15) is 0 Å². The first kappa shape index (κ1) is 15.1. The predicted molar refractivity (Wildman–Crippen MR) is 80.9 cm³/mol. The summed E-state index contributed by atoms with van der Waals surface area (Å²) < 4.78 is 29.0. The van der Waals surface area contributed by atoms with Crippen molar-refractivity contribution in [1.29, 1.82) is 0 Å². The van der Waals surface area contributed by atoms with E-state index in [-0.39, 0.29) is 12.7 Å². The monoisotopic (exact) mass is 317 g/mol. The number of carbonyl (C=O) groups is 1. The van der Waals surface area contributed by atoms with Crippen molar-refractivity contribution in [2.75, 3.05) is 6.79 Å². The first-order valence-corrected chi connectivity index (χ1v) is 7.20. The first-order chi connectivity index (χ1) is 11.1. The number of rotatable bonds is 5. The van der Waals surface area contributed by atoms with Gasteiger partial charge in [0.15, 0.2) is 17.6 Å². The van der Waals surface area contributed by atoms with E-state index in [1.54, 1.807) is 19.1 Å². The fourth-order valence-corrected chi connectivity index (χ4v) is 2.18. The van der Waals surface area contributed by atoms with Gasteiger partial charge in [0.2, 0.25) is 6.79 Å². The Hall–Kier alpha value is -2.76. The van der Waals surface area contributed by atoms with Crippen LogP contribution >= 0.6 is 0 Å². The lowest BCUT2D eigenvalue weighted by Crippen LogP contribution is -2.35. The molecular formula is C17H16FNO4. The molecule has 2 aromatic rings. The summed E-state index contributed by atoms with van der Waals surface area (Å²) in [6.07, 6.45) is -0.731. The molecule has 6 heteroatoms. The van der Waals surface area contributed by atoms with Crippen molar-refractivity contribution in [2.45, 2.75) is 19.6 Å². The molecule has 0 unspecified atom stereocenters. The lowest BCUT2D eigenvalue weighted by Gasteiger charge is -2.15. The van der Waals surface area contributed by atoms with E-state index in [2.05, 4.69) is 5.32 Å². The lowest BCUT2D eigenvalue weighted by atomic mass is 10.2. The van der Waals surface area contributed by atoms with Crippen LogP contribution in [0.3, 0.4) is 0 Å². The summed E-state index contributed by atoms with van der Waals surface area (Å²) in [7, 11) is 0. The Morgan fingerprint density at radius 3 is 2.91 bits per heavy atom. The predicted octanol–water partition coefficient (Wildman–Crippen LogP) is 2.64. The van der Waals surface area contributed by atoms with Gasteiger partial charge in [0.25, 0.3) is 5.91 Å². The molecule has 3 rings (SSSR count). The molecule has 1 aliphatic rings. The van der Waals surface area contributed by atoms with Gasteiger partial charge in [-0.25, -0.2) is 4.39 Å². The average molecular weight is 317 g/mol. The van der Waals surface area contributed by atoms with Crippen LogP contribution in [0.2, 0.25) is 0 Å². The summed E-state index contributed by atoms with van der Waals surface area (Å²) in [5.74, 6) is 0.988. The molecule has 0 fully saturated rings. The Morgan fingerprint density at radius 2 is 2.09 bits per heavy atom. The van der Waals surface area contributed by atoms with Crippen LogP contribution in [0.25, 0.3) is 0 Å². The van der Waals surface area contributed by atoms with Crippen LogP contribution in [0, 0.1) is 5.82 Å². The van der Waals surface area contributed by atoms with Gasteiger partial charge in [-0.3, -0.25) is 4.79 Å². The highest BCUT2D eigenvalue weighted by Crippen LogP contribution is 2.32. The van der Waals surface area contributed by atoms with Crippen LogP contribution in [0.4, 0.5) is 4.39 Å². The highest BCUT2D eigenvalue weighted by molar-refractivity contribution is 5.80. The van der Waals surface area contributed by atoms with E-state index in [1.807, 2.05) is 12.1 Å². The van der Waals surface area contributed by atoms with Gasteiger partial charge in [0.1, 0.15) is 11.6 Å². The summed E-state index contributed by atoms with van der Waals surface area (Å²) in [5, 5.41) is 2.77. The standard InChI is InChI=1S/C17H16FNO4/c1-11(23-14-4-2-3-13(18)8-14)17(20)19-9-12-5-6-15-16(7-12)22-10-21-15/h2-8,11H,9-10H2,1H3,(H,19,20)/t11-/m0/s1. The Morgan fingerprint density at radius 1 is 1.26 bits per heavy atom. The van der Waals surface area contributed by atoms with Gasteiger partial charge in [-0.15, -0.1) is 0 Å². The van der Waals surface area contributed by atoms with E-state index >= 15 is 0 Å². The fourth-order valence-electron chi connectivity index (χ4n) is 2.18. The van der Waals surface area contributed by atoms with E-state index < -0.39 is 11.9 Å². The number of carbonyl (C=O) groups excluding carboxylic acids is 1. The largest absolute Gasteiger partial charge is 0.481 e. The molecule has 5 nitrogen and oxygen atoms in total. The maximum Gasteiger partial charge on any atom is 0.261 e. The van der Waals surface area contributed by atoms with Crippen LogP contribution in [-0.4, -0.2) is 18.8 Å². The number of hydrogen-bond acceptors (Lipinski definition) is 4. The summed E-state index contributed by atoms with van der Waals surface area (Å²) in [6.45, 7) is 2.16. The van der Waals surface area contributed by atoms with Gasteiger partial charge in [-0.05, 0) is 36.8 Å². The molecule has 1 N–H and O–H groups in total. The summed E-state index contributed by atoms with van der Waals surface area (Å²) in [6, 6.07) is 11.2. The summed E-state index contributed by atoms with van der Waals surface area (Å²) >= 11 is 0. The van der Waals surface area contributed by atoms with E-state index in [1.165, 1.54) is 18.2 Å². The van der Waals surface area contributed by atoms with Crippen molar-refractivity contribution >= 4 is 5.91 Å². The third-order valence-electron chi connectivity index (χ3n) is 3.38. The van der Waals surface area contributed by atoms with E-state index in [0.717, 1.165) is 5.56 Å². The van der Waals surface area contributed by atoms with Gasteiger partial charge in [0.05, 0.1) is 0 Å². The van der Waals surface area contributed by atoms with Crippen molar-refractivity contribution in [1.82, 2.24) is 5.32 Å². The molecule has 1 atom stereocenters. The third-order valence-corrected chi connectivity index (χ3v) is 3.38. The van der Waals surface area contributed by atoms with Crippen molar-refractivity contribution in [2.24, 2.45) is 0 Å². The van der Waals surface area contributed by atoms with E-state index in [9.17, 15) is 9.18 Å². The number of amides is 1. The van der Waals surface area contributed by atoms with Crippen molar-refractivity contribution in [3.8, 4) is 17.2 Å². The quantitative estimate of drug-likeness (QED) is 0.921. The minimum Gasteiger partial charge on any atom is -0.481 e. The molecule has 0 saturated heterocycles. The minimum absolute atomic E-state index is 0.212. The molecule has 1 aliphatic heterocycles. The SMILES string of the molecule is C[C@H](Oc1cccc(F)c1)C(=O)NCc1ccc2c(c1)OCO2. The zero-order valence-corrected chi connectivity index (χ0v) is 12.5. The van der Waals surface area contributed by atoms with Crippen LogP contribution in [-0.2, 0) is 11.3 Å². The first-order valence-electron chi connectivity index (χ1n) is 7.20. The minimum atomic E-state index is -0.731. The topological polar surface area (TPSA) is 56.8 Å².